The summed E-state index contributed by atoms with van der Waals surface area (Å²) in [5, 5.41) is 0. The summed E-state index contributed by atoms with van der Waals surface area (Å²) < 4.78 is 16.8. The van der Waals surface area contributed by atoms with E-state index >= 15 is 0 Å². The van der Waals surface area contributed by atoms with Crippen molar-refractivity contribution in [3.05, 3.63) is 47.9 Å². The lowest BCUT2D eigenvalue weighted by Crippen LogP contribution is -2.49. The van der Waals surface area contributed by atoms with Crippen molar-refractivity contribution in [2.75, 3.05) is 18.0 Å². The van der Waals surface area contributed by atoms with E-state index in [2.05, 4.69) is 34.4 Å². The SMILES string of the molecule is CCc1ncnc(N2CC(n3c(C(C)C)nc4ccccc43)C2)c1F. The lowest BCUT2D eigenvalue weighted by atomic mass is 10.1. The highest BCUT2D eigenvalue weighted by molar-refractivity contribution is 5.76. The van der Waals surface area contributed by atoms with Crippen LogP contribution in [0.25, 0.3) is 11.0 Å². The fourth-order valence-corrected chi connectivity index (χ4v) is 3.51. The van der Waals surface area contributed by atoms with Gasteiger partial charge in [-0.2, -0.15) is 0 Å². The van der Waals surface area contributed by atoms with E-state index in [1.54, 1.807) is 0 Å². The molecule has 0 atom stereocenters. The van der Waals surface area contributed by atoms with Crippen molar-refractivity contribution in [1.29, 1.82) is 0 Å². The van der Waals surface area contributed by atoms with Crippen LogP contribution in [0.1, 0.15) is 44.2 Å². The van der Waals surface area contributed by atoms with E-state index in [9.17, 15) is 4.39 Å². The zero-order valence-corrected chi connectivity index (χ0v) is 14.8. The molecule has 0 N–H and O–H groups in total. The highest BCUT2D eigenvalue weighted by Gasteiger charge is 2.34. The van der Waals surface area contributed by atoms with Crippen molar-refractivity contribution in [1.82, 2.24) is 19.5 Å². The number of para-hydroxylation sites is 2. The first kappa shape index (κ1) is 16.0. The molecule has 25 heavy (non-hydrogen) atoms. The summed E-state index contributed by atoms with van der Waals surface area (Å²) >= 11 is 0. The molecule has 0 radical (unpaired) electrons. The lowest BCUT2D eigenvalue weighted by Gasteiger charge is -2.42. The van der Waals surface area contributed by atoms with Crippen LogP contribution in [0.4, 0.5) is 10.2 Å². The molecular weight excluding hydrogens is 317 g/mol. The summed E-state index contributed by atoms with van der Waals surface area (Å²) in [7, 11) is 0. The quantitative estimate of drug-likeness (QED) is 0.727. The van der Waals surface area contributed by atoms with Crippen molar-refractivity contribution in [2.45, 2.75) is 39.2 Å². The molecule has 1 aliphatic heterocycles. The Labute approximate surface area is 146 Å². The Morgan fingerprint density at radius 2 is 1.96 bits per heavy atom. The summed E-state index contributed by atoms with van der Waals surface area (Å²) in [6, 6.07) is 8.49. The van der Waals surface area contributed by atoms with Crippen LogP contribution in [0, 0.1) is 5.82 Å². The second-order valence-corrected chi connectivity index (χ2v) is 6.85. The van der Waals surface area contributed by atoms with Crippen LogP contribution in [0.5, 0.6) is 0 Å². The minimum absolute atomic E-state index is 0.282. The van der Waals surface area contributed by atoms with Crippen molar-refractivity contribution >= 4 is 16.9 Å². The normalized spacial score (nSPS) is 15.2. The van der Waals surface area contributed by atoms with Crippen molar-refractivity contribution in [3.63, 3.8) is 0 Å². The second-order valence-electron chi connectivity index (χ2n) is 6.85. The average molecular weight is 339 g/mol. The molecule has 4 rings (SSSR count). The topological polar surface area (TPSA) is 46.8 Å². The van der Waals surface area contributed by atoms with E-state index in [1.165, 1.54) is 6.33 Å². The lowest BCUT2D eigenvalue weighted by molar-refractivity contribution is 0.384. The van der Waals surface area contributed by atoms with Gasteiger partial charge in [-0.25, -0.2) is 19.3 Å². The largest absolute Gasteiger partial charge is 0.350 e. The summed E-state index contributed by atoms with van der Waals surface area (Å²) in [4.78, 5) is 15.0. The number of nitrogens with zero attached hydrogens (tertiary/aromatic N) is 5. The molecule has 1 saturated heterocycles. The van der Waals surface area contributed by atoms with E-state index in [4.69, 9.17) is 4.98 Å². The van der Waals surface area contributed by atoms with Gasteiger partial charge in [-0.1, -0.05) is 32.9 Å². The molecular formula is C19H22FN5. The molecule has 1 fully saturated rings. The maximum atomic E-state index is 14.5. The van der Waals surface area contributed by atoms with Crippen LogP contribution in [-0.4, -0.2) is 32.6 Å². The van der Waals surface area contributed by atoms with Gasteiger partial charge in [0.1, 0.15) is 12.2 Å². The van der Waals surface area contributed by atoms with Crippen LogP contribution in [0.15, 0.2) is 30.6 Å². The standard InChI is InChI=1S/C19H22FN5/c1-4-14-17(20)19(22-11-21-14)24-9-13(10-24)25-16-8-6-5-7-15(16)23-18(25)12(2)3/h5-8,11-13H,4,9-10H2,1-3H3. The Bertz CT molecular complexity index is 911. The van der Waals surface area contributed by atoms with Crippen molar-refractivity contribution in [2.24, 2.45) is 0 Å². The molecule has 0 aliphatic carbocycles. The third-order valence-corrected chi connectivity index (χ3v) is 4.84. The zero-order chi connectivity index (χ0) is 17.6. The number of anilines is 1. The van der Waals surface area contributed by atoms with Gasteiger partial charge in [0.05, 0.1) is 22.8 Å². The van der Waals surface area contributed by atoms with E-state index < -0.39 is 0 Å². The van der Waals surface area contributed by atoms with E-state index in [0.29, 0.717) is 23.9 Å². The number of benzene rings is 1. The number of aryl methyl sites for hydroxylation is 1. The molecule has 2 aromatic heterocycles. The Hall–Kier alpha value is -2.50. The maximum absolute atomic E-state index is 14.5. The number of rotatable bonds is 4. The molecule has 0 saturated carbocycles. The van der Waals surface area contributed by atoms with Gasteiger partial charge >= 0.3 is 0 Å². The number of hydrogen-bond acceptors (Lipinski definition) is 4. The number of fused-ring (bicyclic) bond motifs is 1. The fraction of sp³-hybridized carbons (Fsp3) is 0.421. The van der Waals surface area contributed by atoms with Crippen LogP contribution in [0.3, 0.4) is 0 Å². The second kappa shape index (κ2) is 6.10. The maximum Gasteiger partial charge on any atom is 0.187 e. The van der Waals surface area contributed by atoms with Gasteiger partial charge in [0.2, 0.25) is 0 Å². The van der Waals surface area contributed by atoms with Crippen molar-refractivity contribution in [3.8, 4) is 0 Å². The van der Waals surface area contributed by atoms with Crippen LogP contribution in [-0.2, 0) is 6.42 Å². The minimum Gasteiger partial charge on any atom is -0.350 e. The first-order chi connectivity index (χ1) is 12.1. The number of aromatic nitrogens is 4. The molecule has 3 heterocycles. The molecule has 3 aromatic rings. The van der Waals surface area contributed by atoms with Gasteiger partial charge in [-0.15, -0.1) is 0 Å². The molecule has 1 aliphatic rings. The summed E-state index contributed by atoms with van der Waals surface area (Å²) in [5.74, 6) is 1.55. The number of halogens is 1. The van der Waals surface area contributed by atoms with Gasteiger partial charge in [-0.3, -0.25) is 0 Å². The zero-order valence-electron chi connectivity index (χ0n) is 14.8. The third kappa shape index (κ3) is 2.56. The monoisotopic (exact) mass is 339 g/mol. The molecule has 0 unspecified atom stereocenters. The molecule has 5 nitrogen and oxygen atoms in total. The fourth-order valence-electron chi connectivity index (χ4n) is 3.51. The Kier molecular flexibility index (Phi) is 3.90. The van der Waals surface area contributed by atoms with Gasteiger partial charge in [0, 0.05) is 19.0 Å². The third-order valence-electron chi connectivity index (χ3n) is 4.84. The van der Waals surface area contributed by atoms with Gasteiger partial charge in [0.25, 0.3) is 0 Å². The molecule has 130 valence electrons. The molecule has 0 amide bonds. The van der Waals surface area contributed by atoms with Gasteiger partial charge in [0.15, 0.2) is 11.6 Å². The minimum atomic E-state index is -0.289. The van der Waals surface area contributed by atoms with Crippen LogP contribution < -0.4 is 4.90 Å². The predicted octanol–water partition coefficient (Wildman–Crippen LogP) is 3.71. The number of imidazole rings is 1. The Morgan fingerprint density at radius 1 is 1.20 bits per heavy atom. The van der Waals surface area contributed by atoms with E-state index in [0.717, 1.165) is 29.9 Å². The van der Waals surface area contributed by atoms with Crippen LogP contribution in [0.2, 0.25) is 0 Å². The number of hydrogen-bond donors (Lipinski definition) is 0. The summed E-state index contributed by atoms with van der Waals surface area (Å²) in [5.41, 5.74) is 2.64. The van der Waals surface area contributed by atoms with Gasteiger partial charge in [-0.05, 0) is 18.6 Å². The highest BCUT2D eigenvalue weighted by Crippen LogP contribution is 2.34. The first-order valence-electron chi connectivity index (χ1n) is 8.81. The summed E-state index contributed by atoms with van der Waals surface area (Å²) in [6.07, 6.45) is 2.03. The highest BCUT2D eigenvalue weighted by atomic mass is 19.1. The molecule has 6 heteroatoms. The van der Waals surface area contributed by atoms with E-state index in [-0.39, 0.29) is 11.9 Å². The molecule has 0 spiro atoms. The molecule has 0 bridgehead atoms. The first-order valence-corrected chi connectivity index (χ1v) is 8.81. The van der Waals surface area contributed by atoms with Gasteiger partial charge < -0.3 is 9.47 Å². The van der Waals surface area contributed by atoms with Crippen LogP contribution >= 0.6 is 0 Å². The average Bonchev–Trinajstić information content (AvgIpc) is 2.95. The smallest absolute Gasteiger partial charge is 0.187 e. The Morgan fingerprint density at radius 3 is 2.68 bits per heavy atom. The summed E-state index contributed by atoms with van der Waals surface area (Å²) in [6.45, 7) is 7.69. The van der Waals surface area contributed by atoms with E-state index in [1.807, 2.05) is 30.0 Å². The Balaban J connectivity index is 1.65. The predicted molar refractivity (Wildman–Crippen MR) is 96.4 cm³/mol. The molecule has 1 aromatic carbocycles. The van der Waals surface area contributed by atoms with Crippen molar-refractivity contribution < 1.29 is 4.39 Å².